The second-order valence-corrected chi connectivity index (χ2v) is 27.1. The van der Waals surface area contributed by atoms with Crippen molar-refractivity contribution in [3.8, 4) is 0 Å². The summed E-state index contributed by atoms with van der Waals surface area (Å²) in [5.74, 6) is -0.199. The molecular weight excluding hydrogens is 1130 g/mol. The molecule has 0 bridgehead atoms. The number of aliphatic hydroxyl groups excluding tert-OH is 8. The first-order valence-electron chi connectivity index (χ1n) is 38.2. The Labute approximate surface area is 551 Å². The van der Waals surface area contributed by atoms with Crippen molar-refractivity contribution < 1.29 is 64.6 Å². The molecule has 14 nitrogen and oxygen atoms in total. The summed E-state index contributed by atoms with van der Waals surface area (Å²) in [4.78, 5) is 13.4. The number of carbonyl (C=O) groups is 1. The second kappa shape index (κ2) is 60.8. The van der Waals surface area contributed by atoms with Crippen LogP contribution in [0.15, 0.2) is 36.5 Å². The average molecular weight is 1280 g/mol. The van der Waals surface area contributed by atoms with Gasteiger partial charge in [0.1, 0.15) is 48.8 Å². The minimum Gasteiger partial charge on any atom is -0.394 e. The molecule has 12 atom stereocenters. The molecule has 2 aliphatic heterocycles. The molecule has 12 unspecified atom stereocenters. The van der Waals surface area contributed by atoms with Crippen molar-refractivity contribution in [2.75, 3.05) is 19.8 Å². The van der Waals surface area contributed by atoms with Crippen LogP contribution in [0.4, 0.5) is 0 Å². The Morgan fingerprint density at radius 2 is 0.733 bits per heavy atom. The maximum absolute atomic E-state index is 13.4. The van der Waals surface area contributed by atoms with E-state index >= 15 is 0 Å². The molecule has 0 saturated carbocycles. The minimum atomic E-state index is -1.78. The lowest BCUT2D eigenvalue weighted by molar-refractivity contribution is -0.359. The van der Waals surface area contributed by atoms with Gasteiger partial charge in [-0.25, -0.2) is 0 Å². The number of amides is 1. The number of allylic oxidation sites excluding steroid dienone is 6. The van der Waals surface area contributed by atoms with E-state index in [1.165, 1.54) is 257 Å². The highest BCUT2D eigenvalue weighted by Gasteiger charge is 2.51. The monoisotopic (exact) mass is 1280 g/mol. The molecule has 0 aliphatic carbocycles. The van der Waals surface area contributed by atoms with Gasteiger partial charge in [-0.15, -0.1) is 0 Å². The lowest BCUT2D eigenvalue weighted by Crippen LogP contribution is -2.65. The summed E-state index contributed by atoms with van der Waals surface area (Å²) in [5.41, 5.74) is 0. The maximum Gasteiger partial charge on any atom is 0.220 e. The van der Waals surface area contributed by atoms with Gasteiger partial charge in [-0.05, 0) is 51.4 Å². The molecule has 90 heavy (non-hydrogen) atoms. The first kappa shape index (κ1) is 84.3. The zero-order chi connectivity index (χ0) is 65.2. The predicted molar refractivity (Wildman–Crippen MR) is 369 cm³/mol. The van der Waals surface area contributed by atoms with Crippen LogP contribution in [0.25, 0.3) is 0 Å². The molecule has 14 heteroatoms. The standard InChI is InChI=1S/C76H143NO13/c1-3-5-7-9-11-13-15-17-19-21-23-24-25-26-27-28-29-30-31-32-33-34-35-36-37-38-39-40-42-44-46-48-50-52-54-56-58-60-68(81)77-64(65(80)59-57-55-53-51-49-47-45-43-41-22-20-18-16-14-12-10-8-6-4-2)63-87-75-73(86)71(84)74(67(62-79)89-75)90-76-72(85)70(83)69(82)66(61-78)88-76/h15,17,21,23,25-26,64-67,69-76,78-80,82-86H,3-14,16,18-20,22,24,27-63H2,1-2H3,(H,77,81)/b17-15-,23-21-,26-25-. The van der Waals surface area contributed by atoms with Crippen LogP contribution in [-0.4, -0.2) is 140 Å². The van der Waals surface area contributed by atoms with Crippen LogP contribution in [0.5, 0.6) is 0 Å². The van der Waals surface area contributed by atoms with Crippen molar-refractivity contribution in [3.05, 3.63) is 36.5 Å². The molecule has 9 N–H and O–H groups in total. The van der Waals surface area contributed by atoms with Gasteiger partial charge < -0.3 is 65.1 Å². The van der Waals surface area contributed by atoms with Crippen molar-refractivity contribution in [2.45, 2.75) is 421 Å². The Morgan fingerprint density at radius 1 is 0.400 bits per heavy atom. The molecule has 2 aliphatic rings. The van der Waals surface area contributed by atoms with Gasteiger partial charge in [0, 0.05) is 6.42 Å². The van der Waals surface area contributed by atoms with Gasteiger partial charge >= 0.3 is 0 Å². The molecule has 530 valence electrons. The van der Waals surface area contributed by atoms with Gasteiger partial charge in [0.05, 0.1) is 32.0 Å². The highest BCUT2D eigenvalue weighted by molar-refractivity contribution is 5.76. The van der Waals surface area contributed by atoms with E-state index in [1.807, 2.05) is 0 Å². The van der Waals surface area contributed by atoms with Crippen LogP contribution < -0.4 is 5.32 Å². The number of hydrogen-bond acceptors (Lipinski definition) is 13. The Hall–Kier alpha value is -1.79. The molecule has 2 saturated heterocycles. The van der Waals surface area contributed by atoms with Crippen LogP contribution in [0, 0.1) is 0 Å². The minimum absolute atomic E-state index is 0.199. The Balaban J connectivity index is 1.58. The summed E-state index contributed by atoms with van der Waals surface area (Å²) in [5, 5.41) is 87.7. The molecule has 2 rings (SSSR count). The number of rotatable bonds is 64. The van der Waals surface area contributed by atoms with E-state index in [-0.39, 0.29) is 12.5 Å². The summed E-state index contributed by atoms with van der Waals surface area (Å²) in [6.45, 7) is 2.90. The van der Waals surface area contributed by atoms with E-state index in [0.29, 0.717) is 12.8 Å². The van der Waals surface area contributed by atoms with E-state index in [1.54, 1.807) is 0 Å². The van der Waals surface area contributed by atoms with Crippen LogP contribution in [0.1, 0.15) is 348 Å². The van der Waals surface area contributed by atoms with Crippen LogP contribution in [0.2, 0.25) is 0 Å². The molecule has 0 radical (unpaired) electrons. The fourth-order valence-electron chi connectivity index (χ4n) is 12.8. The number of ether oxygens (including phenoxy) is 4. The second-order valence-electron chi connectivity index (χ2n) is 27.1. The number of carbonyl (C=O) groups excluding carboxylic acids is 1. The maximum atomic E-state index is 13.4. The van der Waals surface area contributed by atoms with Crippen LogP contribution in [-0.2, 0) is 23.7 Å². The van der Waals surface area contributed by atoms with Gasteiger partial charge in [-0.1, -0.05) is 326 Å². The Bertz CT molecular complexity index is 1650. The SMILES string of the molecule is CCCCCCC/C=C\C/C=C\C/C=C\CCCCCCCCCCCCCCCCCCCCCCCCC(=O)NC(COC1OC(CO)C(OC2OC(CO)C(O)C(O)C2O)C(O)C1O)C(O)CCCCCCCCCCCCCCCCCCCCC. The van der Waals surface area contributed by atoms with Gasteiger partial charge in [-0.3, -0.25) is 4.79 Å². The van der Waals surface area contributed by atoms with Gasteiger partial charge in [0.25, 0.3) is 0 Å². The van der Waals surface area contributed by atoms with Crippen molar-refractivity contribution in [1.29, 1.82) is 0 Å². The summed E-state index contributed by atoms with van der Waals surface area (Å²) >= 11 is 0. The van der Waals surface area contributed by atoms with Gasteiger partial charge in [-0.2, -0.15) is 0 Å². The first-order chi connectivity index (χ1) is 44.1. The average Bonchev–Trinajstić information content (AvgIpc) is 1.58. The lowest BCUT2D eigenvalue weighted by atomic mass is 9.97. The van der Waals surface area contributed by atoms with E-state index in [0.717, 1.165) is 64.2 Å². The number of nitrogens with one attached hydrogen (secondary N) is 1. The highest BCUT2D eigenvalue weighted by Crippen LogP contribution is 2.30. The largest absolute Gasteiger partial charge is 0.394 e. The predicted octanol–water partition coefficient (Wildman–Crippen LogP) is 16.5. The third-order valence-electron chi connectivity index (χ3n) is 18.9. The third kappa shape index (κ3) is 44.0. The third-order valence-corrected chi connectivity index (χ3v) is 18.9. The molecule has 2 fully saturated rings. The summed E-state index contributed by atoms with van der Waals surface area (Å²) in [7, 11) is 0. The van der Waals surface area contributed by atoms with Crippen molar-refractivity contribution >= 4 is 5.91 Å². The van der Waals surface area contributed by atoms with Gasteiger partial charge in [0.2, 0.25) is 5.91 Å². The summed E-state index contributed by atoms with van der Waals surface area (Å²) in [6, 6.07) is -0.828. The molecular formula is C76H143NO13. The zero-order valence-corrected chi connectivity index (χ0v) is 57.9. The fraction of sp³-hybridized carbons (Fsp3) is 0.908. The van der Waals surface area contributed by atoms with E-state index in [2.05, 4.69) is 55.6 Å². The smallest absolute Gasteiger partial charge is 0.220 e. The number of hydrogen-bond donors (Lipinski definition) is 9. The molecule has 0 aromatic carbocycles. The van der Waals surface area contributed by atoms with E-state index < -0.39 is 86.8 Å². The summed E-state index contributed by atoms with van der Waals surface area (Å²) in [6.07, 6.45) is 61.8. The number of aliphatic hydroxyl groups is 8. The lowest BCUT2D eigenvalue weighted by Gasteiger charge is -2.46. The summed E-state index contributed by atoms with van der Waals surface area (Å²) < 4.78 is 22.9. The zero-order valence-electron chi connectivity index (χ0n) is 57.9. The van der Waals surface area contributed by atoms with Crippen molar-refractivity contribution in [3.63, 3.8) is 0 Å². The Morgan fingerprint density at radius 3 is 1.12 bits per heavy atom. The quantitative estimate of drug-likeness (QED) is 0.0204. The normalized spacial score (nSPS) is 23.0. The number of unbranched alkanes of at least 4 members (excludes halogenated alkanes) is 45. The molecule has 1 amide bonds. The topological polar surface area (TPSA) is 228 Å². The van der Waals surface area contributed by atoms with E-state index in [4.69, 9.17) is 18.9 Å². The van der Waals surface area contributed by atoms with Crippen LogP contribution >= 0.6 is 0 Å². The first-order valence-corrected chi connectivity index (χ1v) is 38.2. The Kier molecular flexibility index (Phi) is 57.0. The van der Waals surface area contributed by atoms with Crippen molar-refractivity contribution in [1.82, 2.24) is 5.32 Å². The van der Waals surface area contributed by atoms with E-state index in [9.17, 15) is 45.6 Å². The molecule has 0 spiro atoms. The van der Waals surface area contributed by atoms with Crippen LogP contribution in [0.3, 0.4) is 0 Å². The highest BCUT2D eigenvalue weighted by atomic mass is 16.7. The molecule has 0 aromatic rings. The fourth-order valence-corrected chi connectivity index (χ4v) is 12.8. The van der Waals surface area contributed by atoms with Gasteiger partial charge in [0.15, 0.2) is 12.6 Å². The molecule has 0 aromatic heterocycles. The molecule has 2 heterocycles. The van der Waals surface area contributed by atoms with Crippen molar-refractivity contribution in [2.24, 2.45) is 0 Å².